The molecular weight excluding hydrogens is 416 g/mol. The van der Waals surface area contributed by atoms with Crippen LogP contribution < -0.4 is 19.7 Å². The fourth-order valence-corrected chi connectivity index (χ4v) is 3.72. The van der Waals surface area contributed by atoms with Gasteiger partial charge in [-0.05, 0) is 42.5 Å². The summed E-state index contributed by atoms with van der Waals surface area (Å²) in [5.74, 6) is 1.98. The number of ether oxygens (including phenoxy) is 2. The average Bonchev–Trinajstić information content (AvgIpc) is 3.32. The molecule has 0 unspecified atom stereocenters. The third-order valence-electron chi connectivity index (χ3n) is 5.52. The van der Waals surface area contributed by atoms with Gasteiger partial charge in [0.1, 0.15) is 18.8 Å². The second-order valence-electron chi connectivity index (χ2n) is 7.62. The monoisotopic (exact) mass is 440 g/mol. The Hall–Kier alpha value is -4.33. The summed E-state index contributed by atoms with van der Waals surface area (Å²) < 4.78 is 11.7. The summed E-state index contributed by atoms with van der Waals surface area (Å²) in [6.45, 7) is 1.21. The maximum absolute atomic E-state index is 6.06. The van der Waals surface area contributed by atoms with Gasteiger partial charge in [-0.1, -0.05) is 0 Å². The van der Waals surface area contributed by atoms with E-state index in [4.69, 9.17) is 9.47 Å². The lowest BCUT2D eigenvalue weighted by Gasteiger charge is -2.20. The van der Waals surface area contributed by atoms with Crippen molar-refractivity contribution >= 4 is 39.0 Å². The predicted molar refractivity (Wildman–Crippen MR) is 131 cm³/mol. The standard InChI is InChI=1S/C25H24N6O2/c1-31(19-6-8-26-9-7-19)11-12-33-24-15-22-20(14-23(24)32-2)25(29-16-28-22)30-18-3-4-21-17(13-18)5-10-27-21/h3-10,13-16,27H,11-12H2,1-2H3,(H,28,29,30). The van der Waals surface area contributed by atoms with Crippen molar-refractivity contribution in [2.24, 2.45) is 0 Å². The molecule has 8 heteroatoms. The number of rotatable bonds is 8. The first kappa shape index (κ1) is 20.6. The van der Waals surface area contributed by atoms with E-state index in [0.29, 0.717) is 30.5 Å². The number of nitrogens with one attached hydrogen (secondary N) is 2. The summed E-state index contributed by atoms with van der Waals surface area (Å²) in [7, 11) is 3.65. The number of nitrogens with zero attached hydrogens (tertiary/aromatic N) is 4. The van der Waals surface area contributed by atoms with Crippen LogP contribution in [0.2, 0.25) is 0 Å². The molecule has 0 aliphatic carbocycles. The lowest BCUT2D eigenvalue weighted by Crippen LogP contribution is -2.23. The maximum atomic E-state index is 6.06. The molecule has 0 atom stereocenters. The molecule has 33 heavy (non-hydrogen) atoms. The van der Waals surface area contributed by atoms with Gasteiger partial charge < -0.3 is 24.7 Å². The van der Waals surface area contributed by atoms with Crippen molar-refractivity contribution in [3.63, 3.8) is 0 Å². The van der Waals surface area contributed by atoms with E-state index in [9.17, 15) is 0 Å². The van der Waals surface area contributed by atoms with Crippen LogP contribution in [0.4, 0.5) is 17.2 Å². The summed E-state index contributed by atoms with van der Waals surface area (Å²) in [6.07, 6.45) is 7.03. The van der Waals surface area contributed by atoms with Crippen molar-refractivity contribution in [2.45, 2.75) is 0 Å². The number of pyridine rings is 1. The van der Waals surface area contributed by atoms with Crippen molar-refractivity contribution in [1.29, 1.82) is 0 Å². The predicted octanol–water partition coefficient (Wildman–Crippen LogP) is 4.77. The summed E-state index contributed by atoms with van der Waals surface area (Å²) >= 11 is 0. The van der Waals surface area contributed by atoms with Crippen LogP contribution in [0.5, 0.6) is 11.5 Å². The molecule has 5 aromatic rings. The van der Waals surface area contributed by atoms with Gasteiger partial charge in [0, 0.05) is 59.4 Å². The van der Waals surface area contributed by atoms with E-state index < -0.39 is 0 Å². The van der Waals surface area contributed by atoms with Gasteiger partial charge in [-0.2, -0.15) is 0 Å². The van der Waals surface area contributed by atoms with Crippen molar-refractivity contribution < 1.29 is 9.47 Å². The number of fused-ring (bicyclic) bond motifs is 2. The summed E-state index contributed by atoms with van der Waals surface area (Å²) in [6, 6.07) is 15.9. The van der Waals surface area contributed by atoms with E-state index in [1.54, 1.807) is 25.8 Å². The molecule has 2 aromatic carbocycles. The maximum Gasteiger partial charge on any atom is 0.163 e. The quantitative estimate of drug-likeness (QED) is 0.359. The minimum Gasteiger partial charge on any atom is -0.493 e. The Morgan fingerprint density at radius 2 is 1.88 bits per heavy atom. The number of hydrogen-bond donors (Lipinski definition) is 2. The number of likely N-dealkylation sites (N-methyl/N-ethyl adjacent to an activating group) is 1. The first-order valence-corrected chi connectivity index (χ1v) is 10.6. The van der Waals surface area contributed by atoms with Gasteiger partial charge in [-0.15, -0.1) is 0 Å². The molecule has 5 rings (SSSR count). The first-order chi connectivity index (χ1) is 16.2. The molecular formula is C25H24N6O2. The van der Waals surface area contributed by atoms with Crippen LogP contribution in [-0.2, 0) is 0 Å². The highest BCUT2D eigenvalue weighted by atomic mass is 16.5. The van der Waals surface area contributed by atoms with E-state index in [0.717, 1.165) is 33.2 Å². The molecule has 0 saturated heterocycles. The lowest BCUT2D eigenvalue weighted by atomic mass is 10.2. The number of aromatic nitrogens is 4. The van der Waals surface area contributed by atoms with E-state index in [2.05, 4.69) is 36.2 Å². The van der Waals surface area contributed by atoms with Gasteiger partial charge >= 0.3 is 0 Å². The van der Waals surface area contributed by atoms with Crippen LogP contribution in [0.1, 0.15) is 0 Å². The fraction of sp³-hybridized carbons (Fsp3) is 0.160. The van der Waals surface area contributed by atoms with Crippen molar-refractivity contribution in [3.8, 4) is 11.5 Å². The molecule has 2 N–H and O–H groups in total. The van der Waals surface area contributed by atoms with Crippen LogP contribution in [0, 0.1) is 0 Å². The minimum absolute atomic E-state index is 0.494. The second kappa shape index (κ2) is 9.04. The van der Waals surface area contributed by atoms with Gasteiger partial charge in [0.05, 0.1) is 19.2 Å². The molecule has 0 aliphatic heterocycles. The molecule has 0 spiro atoms. The highest BCUT2D eigenvalue weighted by molar-refractivity contribution is 5.94. The van der Waals surface area contributed by atoms with Crippen LogP contribution in [-0.4, -0.2) is 47.2 Å². The van der Waals surface area contributed by atoms with Gasteiger partial charge in [-0.3, -0.25) is 4.98 Å². The van der Waals surface area contributed by atoms with Gasteiger partial charge in [-0.25, -0.2) is 9.97 Å². The second-order valence-corrected chi connectivity index (χ2v) is 7.62. The Bertz CT molecular complexity index is 1390. The highest BCUT2D eigenvalue weighted by Crippen LogP contribution is 2.35. The van der Waals surface area contributed by atoms with E-state index >= 15 is 0 Å². The number of hydrogen-bond acceptors (Lipinski definition) is 7. The van der Waals surface area contributed by atoms with Crippen LogP contribution in [0.15, 0.2) is 73.4 Å². The van der Waals surface area contributed by atoms with Crippen molar-refractivity contribution in [2.75, 3.05) is 37.5 Å². The Morgan fingerprint density at radius 1 is 1.00 bits per heavy atom. The SMILES string of the molecule is COc1cc2c(Nc3ccc4[nH]ccc4c3)ncnc2cc1OCCN(C)c1ccncc1. The zero-order chi connectivity index (χ0) is 22.6. The molecule has 0 radical (unpaired) electrons. The van der Waals surface area contributed by atoms with Crippen molar-refractivity contribution in [3.05, 3.63) is 73.4 Å². The van der Waals surface area contributed by atoms with Gasteiger partial charge in [0.2, 0.25) is 0 Å². The number of anilines is 3. The van der Waals surface area contributed by atoms with Gasteiger partial charge in [0.25, 0.3) is 0 Å². The zero-order valence-corrected chi connectivity index (χ0v) is 18.4. The largest absolute Gasteiger partial charge is 0.493 e. The number of H-pyrrole nitrogens is 1. The normalized spacial score (nSPS) is 11.0. The Balaban J connectivity index is 1.36. The topological polar surface area (TPSA) is 88.2 Å². The molecule has 0 bridgehead atoms. The molecule has 0 saturated carbocycles. The fourth-order valence-electron chi connectivity index (χ4n) is 3.72. The smallest absolute Gasteiger partial charge is 0.163 e. The van der Waals surface area contributed by atoms with Crippen LogP contribution in [0.25, 0.3) is 21.8 Å². The molecule has 3 aromatic heterocycles. The van der Waals surface area contributed by atoms with Crippen LogP contribution >= 0.6 is 0 Å². The zero-order valence-electron chi connectivity index (χ0n) is 18.4. The number of benzene rings is 2. The highest BCUT2D eigenvalue weighted by Gasteiger charge is 2.13. The Kier molecular flexibility index (Phi) is 5.63. The van der Waals surface area contributed by atoms with E-state index in [1.807, 2.05) is 55.7 Å². The summed E-state index contributed by atoms with van der Waals surface area (Å²) in [4.78, 5) is 18.3. The summed E-state index contributed by atoms with van der Waals surface area (Å²) in [5.41, 5.74) is 3.89. The Morgan fingerprint density at radius 3 is 2.73 bits per heavy atom. The molecule has 166 valence electrons. The Labute approximate surface area is 191 Å². The molecule has 0 fully saturated rings. The van der Waals surface area contributed by atoms with E-state index in [-0.39, 0.29) is 0 Å². The lowest BCUT2D eigenvalue weighted by molar-refractivity contribution is 0.301. The molecule has 0 aliphatic rings. The van der Waals surface area contributed by atoms with E-state index in [1.165, 1.54) is 0 Å². The first-order valence-electron chi connectivity index (χ1n) is 10.6. The number of methoxy groups -OCH3 is 1. The summed E-state index contributed by atoms with van der Waals surface area (Å²) in [5, 5.41) is 5.38. The number of aromatic amines is 1. The van der Waals surface area contributed by atoms with Crippen molar-refractivity contribution in [1.82, 2.24) is 19.9 Å². The molecule has 0 amide bonds. The molecule has 3 heterocycles. The third kappa shape index (κ3) is 4.36. The van der Waals surface area contributed by atoms with Gasteiger partial charge in [0.15, 0.2) is 11.5 Å². The molecule has 8 nitrogen and oxygen atoms in total. The third-order valence-corrected chi connectivity index (χ3v) is 5.52. The minimum atomic E-state index is 0.494. The average molecular weight is 441 g/mol. The van der Waals surface area contributed by atoms with Crippen LogP contribution in [0.3, 0.4) is 0 Å².